The highest BCUT2D eigenvalue weighted by atomic mass is 19.1. The Hall–Kier alpha value is -2.24. The zero-order chi connectivity index (χ0) is 28.9. The summed E-state index contributed by atoms with van der Waals surface area (Å²) in [6.07, 6.45) is 5.20. The zero-order valence-corrected chi connectivity index (χ0v) is 24.3. The maximum atomic E-state index is 14.7. The molecule has 5 fully saturated rings. The lowest BCUT2D eigenvalue weighted by Crippen LogP contribution is -2.55. The Morgan fingerprint density at radius 1 is 1.22 bits per heavy atom. The quantitative estimate of drug-likeness (QED) is 0.507. The fourth-order valence-electron chi connectivity index (χ4n) is 8.44. The third kappa shape index (κ3) is 5.49. The molecule has 41 heavy (non-hydrogen) atoms. The third-order valence-corrected chi connectivity index (χ3v) is 10.3. The molecular formula is C30H43FN2O8. The van der Waals surface area contributed by atoms with Crippen LogP contribution < -0.4 is 11.2 Å². The van der Waals surface area contributed by atoms with Gasteiger partial charge in [0.25, 0.3) is 5.56 Å². The van der Waals surface area contributed by atoms with Crippen molar-refractivity contribution < 1.29 is 32.9 Å². The van der Waals surface area contributed by atoms with Crippen LogP contribution in [0.2, 0.25) is 0 Å². The van der Waals surface area contributed by atoms with E-state index in [-0.39, 0.29) is 18.6 Å². The number of rotatable bonds is 5. The molecule has 3 saturated carbocycles. The van der Waals surface area contributed by atoms with Crippen LogP contribution in [0, 0.1) is 30.6 Å². The first-order valence-electron chi connectivity index (χ1n) is 15.4. The first kappa shape index (κ1) is 28.9. The van der Waals surface area contributed by atoms with E-state index in [9.17, 15) is 18.8 Å². The smallest absolute Gasteiger partial charge is 0.431 e. The van der Waals surface area contributed by atoms with Crippen molar-refractivity contribution in [2.75, 3.05) is 13.2 Å². The van der Waals surface area contributed by atoms with Crippen molar-refractivity contribution in [3.8, 4) is 0 Å². The van der Waals surface area contributed by atoms with E-state index in [1.807, 2.05) is 0 Å². The van der Waals surface area contributed by atoms with Crippen molar-refractivity contribution in [1.82, 2.24) is 9.55 Å². The minimum absolute atomic E-state index is 0.102. The maximum absolute atomic E-state index is 14.7. The summed E-state index contributed by atoms with van der Waals surface area (Å²) in [6, 6.07) is 0. The molecule has 2 aliphatic heterocycles. The van der Waals surface area contributed by atoms with Crippen LogP contribution in [0.1, 0.15) is 89.8 Å². The van der Waals surface area contributed by atoms with Gasteiger partial charge in [-0.15, -0.1) is 0 Å². The van der Waals surface area contributed by atoms with E-state index in [4.69, 9.17) is 23.7 Å². The summed E-state index contributed by atoms with van der Waals surface area (Å²) in [6.45, 7) is 6.41. The summed E-state index contributed by atoms with van der Waals surface area (Å²) in [5.74, 6) is 1.71. The van der Waals surface area contributed by atoms with Crippen LogP contribution in [0.25, 0.3) is 0 Å². The van der Waals surface area contributed by atoms with Gasteiger partial charge in [-0.2, -0.15) is 0 Å². The molecule has 3 aliphatic carbocycles. The van der Waals surface area contributed by atoms with Gasteiger partial charge in [0, 0.05) is 31.0 Å². The monoisotopic (exact) mass is 578 g/mol. The fourth-order valence-corrected chi connectivity index (χ4v) is 8.44. The molecule has 11 heteroatoms. The lowest BCUT2D eigenvalue weighted by molar-refractivity contribution is -0.249. The van der Waals surface area contributed by atoms with Gasteiger partial charge < -0.3 is 23.7 Å². The minimum atomic E-state index is -1.45. The molecule has 1 aromatic rings. The topological polar surface area (TPSA) is 118 Å². The Balaban J connectivity index is 1.04. The van der Waals surface area contributed by atoms with Crippen LogP contribution in [-0.4, -0.2) is 58.7 Å². The lowest BCUT2D eigenvalue weighted by atomic mass is 9.57. The summed E-state index contributed by atoms with van der Waals surface area (Å²) in [7, 11) is 0. The number of ether oxygens (including phenoxy) is 5. The molecule has 1 N–H and O–H groups in total. The van der Waals surface area contributed by atoms with Crippen molar-refractivity contribution in [2.24, 2.45) is 23.7 Å². The number of aromatic nitrogens is 2. The number of halogens is 1. The molecule has 3 heterocycles. The van der Waals surface area contributed by atoms with Crippen molar-refractivity contribution in [1.29, 1.82) is 0 Å². The van der Waals surface area contributed by atoms with Crippen molar-refractivity contribution >= 4 is 6.16 Å². The molecule has 5 aliphatic rings. The number of nitrogens with zero attached hydrogens (tertiary/aromatic N) is 1. The second-order valence-electron chi connectivity index (χ2n) is 13.2. The Morgan fingerprint density at radius 2 is 2.05 bits per heavy atom. The summed E-state index contributed by atoms with van der Waals surface area (Å²) < 4.78 is 46.0. The minimum Gasteiger partial charge on any atom is -0.431 e. The molecule has 1 aromatic heterocycles. The van der Waals surface area contributed by atoms with Crippen LogP contribution in [0.15, 0.2) is 15.8 Å². The Bertz CT molecular complexity index is 1250. The van der Waals surface area contributed by atoms with Gasteiger partial charge in [-0.25, -0.2) is 14.0 Å². The highest BCUT2D eigenvalue weighted by Gasteiger charge is 2.61. The molecular weight excluding hydrogens is 535 g/mol. The lowest BCUT2D eigenvalue weighted by Gasteiger charge is -2.53. The highest BCUT2D eigenvalue weighted by Crippen LogP contribution is 2.58. The molecule has 0 amide bonds. The molecule has 2 spiro atoms. The Labute approximate surface area is 239 Å². The number of alkyl halides is 1. The number of fused-ring (bicyclic) bond motifs is 3. The largest absolute Gasteiger partial charge is 0.508 e. The number of nitrogens with one attached hydrogen (secondary N) is 1. The molecule has 6 rings (SSSR count). The normalized spacial score (nSPS) is 42.0. The van der Waals surface area contributed by atoms with Gasteiger partial charge in [0.2, 0.25) is 0 Å². The number of hydrogen-bond donors (Lipinski definition) is 1. The second kappa shape index (κ2) is 11.1. The predicted octanol–water partition coefficient (Wildman–Crippen LogP) is 4.53. The van der Waals surface area contributed by atoms with E-state index in [2.05, 4.69) is 18.8 Å². The molecule has 10 nitrogen and oxygen atoms in total. The second-order valence-corrected chi connectivity index (χ2v) is 13.2. The molecule has 2 bridgehead atoms. The van der Waals surface area contributed by atoms with E-state index in [0.717, 1.165) is 29.7 Å². The van der Waals surface area contributed by atoms with Crippen molar-refractivity contribution in [3.05, 3.63) is 32.6 Å². The molecule has 2 saturated heterocycles. The SMILES string of the molecule is CCC1CC2CC(C)CC(C2)C12COC1(CCCC(OC(=O)OC[C@H]3O[C@@H](n4cc(C)c(=O)[nH]c4=O)C[C@@H]3F)C1)O2. The number of carbonyl (C=O) groups is 1. The number of carbonyl (C=O) groups excluding carboxylic acids is 1. The summed E-state index contributed by atoms with van der Waals surface area (Å²) in [5.41, 5.74) is -1.14. The van der Waals surface area contributed by atoms with Crippen LogP contribution >= 0.6 is 0 Å². The van der Waals surface area contributed by atoms with Gasteiger partial charge in [0.15, 0.2) is 5.79 Å². The van der Waals surface area contributed by atoms with Crippen LogP contribution in [0.4, 0.5) is 9.18 Å². The van der Waals surface area contributed by atoms with Crippen molar-refractivity contribution in [3.63, 3.8) is 0 Å². The van der Waals surface area contributed by atoms with Crippen molar-refractivity contribution in [2.45, 2.75) is 121 Å². The first-order valence-corrected chi connectivity index (χ1v) is 15.4. The Kier molecular flexibility index (Phi) is 7.82. The van der Waals surface area contributed by atoms with E-state index in [1.165, 1.54) is 31.9 Å². The summed E-state index contributed by atoms with van der Waals surface area (Å²) in [5, 5.41) is 0. The fraction of sp³-hybridized carbons (Fsp3) is 0.833. The average Bonchev–Trinajstić information content (AvgIpc) is 3.48. The third-order valence-electron chi connectivity index (χ3n) is 10.3. The predicted molar refractivity (Wildman–Crippen MR) is 145 cm³/mol. The summed E-state index contributed by atoms with van der Waals surface area (Å²) >= 11 is 0. The number of aromatic amines is 1. The summed E-state index contributed by atoms with van der Waals surface area (Å²) in [4.78, 5) is 38.6. The van der Waals surface area contributed by atoms with E-state index in [1.54, 1.807) is 6.92 Å². The van der Waals surface area contributed by atoms with Gasteiger partial charge in [-0.3, -0.25) is 14.3 Å². The van der Waals surface area contributed by atoms with Gasteiger partial charge in [-0.05, 0) is 69.1 Å². The van der Waals surface area contributed by atoms with Gasteiger partial charge >= 0.3 is 11.8 Å². The van der Waals surface area contributed by atoms with Crippen LogP contribution in [-0.2, 0) is 23.7 Å². The standard InChI is InChI=1S/C30H43FN2O8/c1-4-20-10-19-8-17(2)9-21(11-19)30(20)16-38-29(41-30)7-5-6-22(13-29)39-28(36)37-15-24-23(31)12-25(40-24)33-14-18(3)26(34)32-27(33)35/h14,17,19-25H,4-13,15-16H2,1-3H3,(H,32,34,35)/t17?,19?,20?,21?,22?,23-,24+,25+,29?,30?/m0/s1. The first-order chi connectivity index (χ1) is 19.6. The average molecular weight is 579 g/mol. The molecule has 10 atom stereocenters. The Morgan fingerprint density at radius 3 is 2.85 bits per heavy atom. The van der Waals surface area contributed by atoms with E-state index >= 15 is 0 Å². The number of aryl methyl sites for hydroxylation is 1. The number of H-pyrrole nitrogens is 1. The van der Waals surface area contributed by atoms with Crippen LogP contribution in [0.5, 0.6) is 0 Å². The highest BCUT2D eigenvalue weighted by molar-refractivity contribution is 5.60. The molecule has 0 aromatic carbocycles. The zero-order valence-electron chi connectivity index (χ0n) is 24.3. The van der Waals surface area contributed by atoms with E-state index in [0.29, 0.717) is 42.8 Å². The molecule has 7 unspecified atom stereocenters. The van der Waals surface area contributed by atoms with Gasteiger partial charge in [-0.1, -0.05) is 20.3 Å². The molecule has 228 valence electrons. The molecule has 0 radical (unpaired) electrons. The van der Waals surface area contributed by atoms with Crippen LogP contribution in [0.3, 0.4) is 0 Å². The maximum Gasteiger partial charge on any atom is 0.508 e. The van der Waals surface area contributed by atoms with E-state index < -0.39 is 47.8 Å². The number of hydrogen-bond acceptors (Lipinski definition) is 8. The van der Waals surface area contributed by atoms with Gasteiger partial charge in [0.05, 0.1) is 6.61 Å². The van der Waals surface area contributed by atoms with Gasteiger partial charge in [0.1, 0.15) is 36.8 Å².